The first-order valence-corrected chi connectivity index (χ1v) is 5.73. The van der Waals surface area contributed by atoms with Crippen molar-refractivity contribution in [3.05, 3.63) is 35.4 Å². The van der Waals surface area contributed by atoms with Crippen LogP contribution in [0.15, 0.2) is 24.3 Å². The summed E-state index contributed by atoms with van der Waals surface area (Å²) in [6, 6.07) is 7.20. The average Bonchev–Trinajstić information content (AvgIpc) is 2.67. The van der Waals surface area contributed by atoms with E-state index >= 15 is 0 Å². The summed E-state index contributed by atoms with van der Waals surface area (Å²) in [5.74, 6) is -3.81. The average molecular weight is 258 g/mol. The fourth-order valence-corrected chi connectivity index (χ4v) is 2.62. The van der Waals surface area contributed by atoms with Gasteiger partial charge in [0.2, 0.25) is 0 Å². The van der Waals surface area contributed by atoms with Crippen molar-refractivity contribution in [2.75, 3.05) is 0 Å². The largest absolute Gasteiger partial charge is 0.481 e. The lowest BCUT2D eigenvalue weighted by atomic mass is 9.86. The first-order chi connectivity index (χ1) is 8.38. The molecule has 0 bridgehead atoms. The van der Waals surface area contributed by atoms with Crippen LogP contribution in [0.5, 0.6) is 0 Å². The molecule has 0 aromatic heterocycles. The Morgan fingerprint density at radius 3 is 2.17 bits per heavy atom. The van der Waals surface area contributed by atoms with E-state index in [-0.39, 0.29) is 0 Å². The molecule has 0 saturated carbocycles. The van der Waals surface area contributed by atoms with Crippen molar-refractivity contribution in [2.45, 2.75) is 25.4 Å². The van der Waals surface area contributed by atoms with Gasteiger partial charge in [-0.1, -0.05) is 24.3 Å². The Morgan fingerprint density at radius 1 is 1.28 bits per heavy atom. The van der Waals surface area contributed by atoms with Crippen LogP contribution < -0.4 is 0 Å². The zero-order valence-corrected chi connectivity index (χ0v) is 9.57. The molecule has 0 aliphatic heterocycles. The van der Waals surface area contributed by atoms with Gasteiger partial charge in [0.15, 0.2) is 0 Å². The molecule has 0 radical (unpaired) electrons. The monoisotopic (exact) mass is 258 g/mol. The highest BCUT2D eigenvalue weighted by Crippen LogP contribution is 2.41. The summed E-state index contributed by atoms with van der Waals surface area (Å²) in [7, 11) is 0. The lowest BCUT2D eigenvalue weighted by molar-refractivity contribution is -0.194. The van der Waals surface area contributed by atoms with Crippen molar-refractivity contribution in [3.63, 3.8) is 0 Å². The number of benzene rings is 1. The lowest BCUT2D eigenvalue weighted by Gasteiger charge is -2.24. The minimum absolute atomic E-state index is 0.313. The number of aliphatic carboxylic acids is 1. The lowest BCUT2D eigenvalue weighted by Crippen LogP contribution is -2.32. The summed E-state index contributed by atoms with van der Waals surface area (Å²) in [6.45, 7) is 0. The van der Waals surface area contributed by atoms with Gasteiger partial charge in [-0.05, 0) is 29.9 Å². The summed E-state index contributed by atoms with van der Waals surface area (Å²) >= 11 is 0. The van der Waals surface area contributed by atoms with Crippen molar-refractivity contribution >= 4 is 5.97 Å². The minimum atomic E-state index is -4.45. The number of carbonyl (C=O) groups is 1. The van der Waals surface area contributed by atoms with Gasteiger partial charge in [-0.25, -0.2) is 0 Å². The van der Waals surface area contributed by atoms with E-state index in [1.807, 2.05) is 12.1 Å². The zero-order chi connectivity index (χ0) is 13.3. The Bertz CT molecular complexity index is 429. The van der Waals surface area contributed by atoms with Crippen molar-refractivity contribution in [2.24, 2.45) is 11.8 Å². The van der Waals surface area contributed by atoms with Crippen LogP contribution in [0.2, 0.25) is 0 Å². The Hall–Kier alpha value is -1.52. The molecule has 0 saturated heterocycles. The van der Waals surface area contributed by atoms with Gasteiger partial charge in [-0.3, -0.25) is 4.79 Å². The smallest absolute Gasteiger partial charge is 0.392 e. The van der Waals surface area contributed by atoms with E-state index in [1.165, 1.54) is 0 Å². The number of hydrogen-bond donors (Lipinski definition) is 1. The van der Waals surface area contributed by atoms with Crippen molar-refractivity contribution in [1.82, 2.24) is 0 Å². The molecular formula is C13H13F3O2. The van der Waals surface area contributed by atoms with Gasteiger partial charge in [0, 0.05) is 0 Å². The second-order valence-corrected chi connectivity index (χ2v) is 4.68. The molecular weight excluding hydrogens is 245 g/mol. The summed E-state index contributed by atoms with van der Waals surface area (Å²) in [5, 5.41) is 8.62. The molecule has 98 valence electrons. The van der Waals surface area contributed by atoms with E-state index in [0.29, 0.717) is 12.8 Å². The maximum Gasteiger partial charge on any atom is 0.392 e. The Balaban J connectivity index is 2.18. The van der Waals surface area contributed by atoms with Crippen LogP contribution in [0.4, 0.5) is 13.2 Å². The molecule has 0 heterocycles. The van der Waals surface area contributed by atoms with E-state index in [0.717, 1.165) is 11.1 Å². The first kappa shape index (κ1) is 12.9. The summed E-state index contributed by atoms with van der Waals surface area (Å²) in [6.07, 6.45) is -4.67. The van der Waals surface area contributed by atoms with Gasteiger partial charge in [0.25, 0.3) is 0 Å². The van der Waals surface area contributed by atoms with Gasteiger partial charge in [-0.2, -0.15) is 13.2 Å². The number of fused-ring (bicyclic) bond motifs is 1. The fraction of sp³-hybridized carbons (Fsp3) is 0.462. The molecule has 1 atom stereocenters. The Labute approximate surface area is 102 Å². The van der Waals surface area contributed by atoms with E-state index in [9.17, 15) is 18.0 Å². The van der Waals surface area contributed by atoms with Gasteiger partial charge in [0.05, 0.1) is 12.3 Å². The molecule has 1 aliphatic carbocycles. The summed E-state index contributed by atoms with van der Waals surface area (Å²) < 4.78 is 38.7. The van der Waals surface area contributed by atoms with Gasteiger partial charge in [0.1, 0.15) is 0 Å². The molecule has 1 aromatic carbocycles. The molecule has 2 rings (SSSR count). The minimum Gasteiger partial charge on any atom is -0.481 e. The summed E-state index contributed by atoms with van der Waals surface area (Å²) in [5.41, 5.74) is 1.81. The normalized spacial score (nSPS) is 17.5. The number of rotatable bonds is 3. The number of hydrogen-bond acceptors (Lipinski definition) is 1. The molecule has 0 fully saturated rings. The van der Waals surface area contributed by atoms with Crippen LogP contribution in [0.25, 0.3) is 0 Å². The molecule has 0 spiro atoms. The third-order valence-electron chi connectivity index (χ3n) is 3.47. The van der Waals surface area contributed by atoms with E-state index < -0.39 is 30.4 Å². The standard InChI is InChI=1S/C13H13F3O2/c14-13(15,16)11(7-12(17)18)10-5-8-3-1-2-4-9(8)6-10/h1-4,10-11H,5-7H2,(H,17,18). The van der Waals surface area contributed by atoms with Crippen molar-refractivity contribution < 1.29 is 23.1 Å². The predicted molar refractivity (Wildman–Crippen MR) is 59.1 cm³/mol. The number of carboxylic acids is 1. The van der Waals surface area contributed by atoms with Crippen LogP contribution in [-0.4, -0.2) is 17.3 Å². The quantitative estimate of drug-likeness (QED) is 0.904. The molecule has 1 N–H and O–H groups in total. The summed E-state index contributed by atoms with van der Waals surface area (Å²) in [4.78, 5) is 10.6. The van der Waals surface area contributed by atoms with Crippen LogP contribution in [-0.2, 0) is 17.6 Å². The Kier molecular flexibility index (Phi) is 3.32. The third kappa shape index (κ3) is 2.66. The third-order valence-corrected chi connectivity index (χ3v) is 3.47. The molecule has 2 nitrogen and oxygen atoms in total. The second-order valence-electron chi connectivity index (χ2n) is 4.68. The van der Waals surface area contributed by atoms with Gasteiger partial charge >= 0.3 is 12.1 Å². The highest BCUT2D eigenvalue weighted by molar-refractivity contribution is 5.67. The van der Waals surface area contributed by atoms with Crippen molar-refractivity contribution in [3.8, 4) is 0 Å². The van der Waals surface area contributed by atoms with Gasteiger partial charge in [-0.15, -0.1) is 0 Å². The molecule has 1 aromatic rings. The van der Waals surface area contributed by atoms with E-state index in [1.54, 1.807) is 12.1 Å². The molecule has 0 amide bonds. The molecule has 1 aliphatic rings. The number of carboxylic acid groups (broad SMARTS) is 1. The van der Waals surface area contributed by atoms with E-state index in [2.05, 4.69) is 0 Å². The SMILES string of the molecule is O=C(O)CC(C1Cc2ccccc2C1)C(F)(F)F. The first-order valence-electron chi connectivity index (χ1n) is 5.73. The van der Waals surface area contributed by atoms with Crippen LogP contribution in [0, 0.1) is 11.8 Å². The molecule has 5 heteroatoms. The molecule has 1 unspecified atom stereocenters. The van der Waals surface area contributed by atoms with Crippen LogP contribution >= 0.6 is 0 Å². The fourth-order valence-electron chi connectivity index (χ4n) is 2.62. The van der Waals surface area contributed by atoms with E-state index in [4.69, 9.17) is 5.11 Å². The Morgan fingerprint density at radius 2 is 1.78 bits per heavy atom. The van der Waals surface area contributed by atoms with Crippen LogP contribution in [0.1, 0.15) is 17.5 Å². The number of halogens is 3. The zero-order valence-electron chi connectivity index (χ0n) is 9.57. The van der Waals surface area contributed by atoms with Gasteiger partial charge < -0.3 is 5.11 Å². The highest BCUT2D eigenvalue weighted by Gasteiger charge is 2.47. The second kappa shape index (κ2) is 4.63. The number of alkyl halides is 3. The predicted octanol–water partition coefficient (Wildman–Crippen LogP) is 3.05. The van der Waals surface area contributed by atoms with Crippen molar-refractivity contribution in [1.29, 1.82) is 0 Å². The maximum absolute atomic E-state index is 12.9. The topological polar surface area (TPSA) is 37.3 Å². The maximum atomic E-state index is 12.9. The van der Waals surface area contributed by atoms with Crippen LogP contribution in [0.3, 0.4) is 0 Å². The highest BCUT2D eigenvalue weighted by atomic mass is 19.4. The molecule has 18 heavy (non-hydrogen) atoms.